The maximum Gasteiger partial charge on any atom is 0.270 e. The molecule has 4 aromatic rings. The third-order valence-electron chi connectivity index (χ3n) is 4.26. The molecular formula is C20H17N3OS2. The van der Waals surface area contributed by atoms with Crippen molar-refractivity contribution in [2.75, 3.05) is 4.90 Å². The summed E-state index contributed by atoms with van der Waals surface area (Å²) in [5, 5.41) is 2.63. The minimum Gasteiger partial charge on any atom is -0.279 e. The van der Waals surface area contributed by atoms with Gasteiger partial charge in [0.2, 0.25) is 0 Å². The molecule has 0 aliphatic heterocycles. The number of rotatable bonds is 4. The minimum absolute atomic E-state index is 0.0312. The van der Waals surface area contributed by atoms with Gasteiger partial charge in [-0.05, 0) is 60.2 Å². The average molecular weight is 380 g/mol. The average Bonchev–Trinajstić information content (AvgIpc) is 3.30. The Kier molecular flexibility index (Phi) is 4.53. The van der Waals surface area contributed by atoms with Crippen molar-refractivity contribution in [3.05, 3.63) is 75.7 Å². The Balaban J connectivity index is 1.78. The number of thiophene rings is 1. The first-order valence-electron chi connectivity index (χ1n) is 8.24. The van der Waals surface area contributed by atoms with Crippen LogP contribution in [-0.4, -0.2) is 15.9 Å². The lowest BCUT2D eigenvalue weighted by Gasteiger charge is -2.19. The molecule has 1 aromatic carbocycles. The first kappa shape index (κ1) is 16.9. The second kappa shape index (κ2) is 6.97. The summed E-state index contributed by atoms with van der Waals surface area (Å²) in [4.78, 5) is 24.5. The summed E-state index contributed by atoms with van der Waals surface area (Å²) in [6.07, 6.45) is 3.52. The SMILES string of the molecule is Cc1cc2nc(N(Cc3cccnc3)C(=O)c3cccs3)sc2cc1C. The zero-order chi connectivity index (χ0) is 18.1. The van der Waals surface area contributed by atoms with Gasteiger partial charge in [-0.25, -0.2) is 4.98 Å². The van der Waals surface area contributed by atoms with Gasteiger partial charge in [-0.15, -0.1) is 11.3 Å². The van der Waals surface area contributed by atoms with Crippen LogP contribution in [0.1, 0.15) is 26.4 Å². The summed E-state index contributed by atoms with van der Waals surface area (Å²) in [6.45, 7) is 4.62. The Bertz CT molecular complexity index is 1020. The van der Waals surface area contributed by atoms with Crippen LogP contribution in [0.5, 0.6) is 0 Å². The standard InChI is InChI=1S/C20H17N3OS2/c1-13-9-16-18(10-14(13)2)26-20(22-16)23(12-15-5-3-7-21-11-15)19(24)17-6-4-8-25-17/h3-11H,12H2,1-2H3. The summed E-state index contributed by atoms with van der Waals surface area (Å²) in [5.74, 6) is -0.0312. The molecule has 4 rings (SSSR count). The van der Waals surface area contributed by atoms with Gasteiger partial charge in [0.15, 0.2) is 5.13 Å². The Morgan fingerprint density at radius 1 is 1.15 bits per heavy atom. The molecule has 130 valence electrons. The van der Waals surface area contributed by atoms with E-state index < -0.39 is 0 Å². The lowest BCUT2D eigenvalue weighted by molar-refractivity contribution is 0.0989. The Morgan fingerprint density at radius 3 is 2.73 bits per heavy atom. The minimum atomic E-state index is -0.0312. The number of nitrogens with zero attached hydrogens (tertiary/aromatic N) is 3. The highest BCUT2D eigenvalue weighted by molar-refractivity contribution is 7.22. The number of aromatic nitrogens is 2. The first-order chi connectivity index (χ1) is 12.6. The zero-order valence-electron chi connectivity index (χ0n) is 14.5. The van der Waals surface area contributed by atoms with Crippen LogP contribution in [0, 0.1) is 13.8 Å². The van der Waals surface area contributed by atoms with Crippen LogP contribution in [0.25, 0.3) is 10.2 Å². The molecule has 1 amide bonds. The fourth-order valence-electron chi connectivity index (χ4n) is 2.72. The van der Waals surface area contributed by atoms with Gasteiger partial charge in [-0.2, -0.15) is 0 Å². The van der Waals surface area contributed by atoms with Crippen molar-refractivity contribution in [3.8, 4) is 0 Å². The predicted octanol–water partition coefficient (Wildman–Crippen LogP) is 5.22. The number of benzene rings is 1. The maximum atomic E-state index is 13.1. The first-order valence-corrected chi connectivity index (χ1v) is 9.93. The molecule has 0 saturated heterocycles. The molecule has 0 fully saturated rings. The van der Waals surface area contributed by atoms with Gasteiger partial charge in [-0.1, -0.05) is 23.5 Å². The lowest BCUT2D eigenvalue weighted by atomic mass is 10.1. The summed E-state index contributed by atoms with van der Waals surface area (Å²) in [5.41, 5.74) is 4.35. The van der Waals surface area contributed by atoms with Gasteiger partial charge in [0.25, 0.3) is 5.91 Å². The fourth-order valence-corrected chi connectivity index (χ4v) is 4.43. The van der Waals surface area contributed by atoms with E-state index in [2.05, 4.69) is 31.0 Å². The van der Waals surface area contributed by atoms with E-state index in [9.17, 15) is 4.79 Å². The van der Waals surface area contributed by atoms with Crippen molar-refractivity contribution >= 4 is 43.9 Å². The summed E-state index contributed by atoms with van der Waals surface area (Å²) < 4.78 is 1.10. The van der Waals surface area contributed by atoms with Crippen LogP contribution in [0.4, 0.5) is 5.13 Å². The van der Waals surface area contributed by atoms with Crippen molar-refractivity contribution in [2.45, 2.75) is 20.4 Å². The highest BCUT2D eigenvalue weighted by Gasteiger charge is 2.22. The molecule has 0 aliphatic carbocycles. The molecule has 0 atom stereocenters. The molecular weight excluding hydrogens is 362 g/mol. The number of hydrogen-bond acceptors (Lipinski definition) is 5. The van der Waals surface area contributed by atoms with Gasteiger partial charge in [-0.3, -0.25) is 14.7 Å². The second-order valence-electron chi connectivity index (χ2n) is 6.13. The zero-order valence-corrected chi connectivity index (χ0v) is 16.1. The summed E-state index contributed by atoms with van der Waals surface area (Å²) in [7, 11) is 0. The van der Waals surface area contributed by atoms with E-state index in [1.165, 1.54) is 22.5 Å². The molecule has 0 spiro atoms. The van der Waals surface area contributed by atoms with Crippen LogP contribution in [0.2, 0.25) is 0 Å². The molecule has 3 aromatic heterocycles. The molecule has 26 heavy (non-hydrogen) atoms. The predicted molar refractivity (Wildman–Crippen MR) is 108 cm³/mol. The van der Waals surface area contributed by atoms with E-state index in [0.29, 0.717) is 16.6 Å². The number of pyridine rings is 1. The number of anilines is 1. The van der Waals surface area contributed by atoms with E-state index in [1.54, 1.807) is 28.6 Å². The van der Waals surface area contributed by atoms with Crippen molar-refractivity contribution in [3.63, 3.8) is 0 Å². The van der Waals surface area contributed by atoms with Gasteiger partial charge < -0.3 is 0 Å². The molecule has 0 unspecified atom stereocenters. The molecule has 0 saturated carbocycles. The van der Waals surface area contributed by atoms with Gasteiger partial charge >= 0.3 is 0 Å². The van der Waals surface area contributed by atoms with E-state index in [4.69, 9.17) is 4.98 Å². The third-order valence-corrected chi connectivity index (χ3v) is 6.16. The van der Waals surface area contributed by atoms with E-state index in [-0.39, 0.29) is 5.91 Å². The third kappa shape index (κ3) is 3.25. The topological polar surface area (TPSA) is 46.1 Å². The lowest BCUT2D eigenvalue weighted by Crippen LogP contribution is -2.29. The van der Waals surface area contributed by atoms with E-state index in [0.717, 1.165) is 15.8 Å². The second-order valence-corrected chi connectivity index (χ2v) is 8.09. The number of carbonyl (C=O) groups is 1. The largest absolute Gasteiger partial charge is 0.279 e. The van der Waals surface area contributed by atoms with Crippen LogP contribution in [0.15, 0.2) is 54.2 Å². The Morgan fingerprint density at radius 2 is 2.00 bits per heavy atom. The molecule has 4 nitrogen and oxygen atoms in total. The summed E-state index contributed by atoms with van der Waals surface area (Å²) >= 11 is 3.00. The number of amides is 1. The van der Waals surface area contributed by atoms with Crippen molar-refractivity contribution < 1.29 is 4.79 Å². The smallest absolute Gasteiger partial charge is 0.270 e. The number of hydrogen-bond donors (Lipinski definition) is 0. The molecule has 0 radical (unpaired) electrons. The maximum absolute atomic E-state index is 13.1. The van der Waals surface area contributed by atoms with Gasteiger partial charge in [0.1, 0.15) is 0 Å². The van der Waals surface area contributed by atoms with Gasteiger partial charge in [0.05, 0.1) is 21.6 Å². The monoisotopic (exact) mass is 379 g/mol. The molecule has 0 bridgehead atoms. The highest BCUT2D eigenvalue weighted by Crippen LogP contribution is 2.32. The number of thiazole rings is 1. The Hall–Kier alpha value is -2.57. The number of carbonyl (C=O) groups excluding carboxylic acids is 1. The highest BCUT2D eigenvalue weighted by atomic mass is 32.1. The van der Waals surface area contributed by atoms with Crippen LogP contribution >= 0.6 is 22.7 Å². The molecule has 6 heteroatoms. The summed E-state index contributed by atoms with van der Waals surface area (Å²) in [6, 6.07) is 11.8. The van der Waals surface area contributed by atoms with Crippen molar-refractivity contribution in [1.29, 1.82) is 0 Å². The van der Waals surface area contributed by atoms with Crippen LogP contribution < -0.4 is 4.90 Å². The molecule has 0 N–H and O–H groups in total. The number of aryl methyl sites for hydroxylation is 2. The van der Waals surface area contributed by atoms with E-state index >= 15 is 0 Å². The van der Waals surface area contributed by atoms with Crippen LogP contribution in [-0.2, 0) is 6.54 Å². The molecule has 3 heterocycles. The fraction of sp³-hybridized carbons (Fsp3) is 0.150. The molecule has 0 aliphatic rings. The van der Waals surface area contributed by atoms with Crippen molar-refractivity contribution in [2.24, 2.45) is 0 Å². The Labute approximate surface area is 159 Å². The van der Waals surface area contributed by atoms with Gasteiger partial charge in [0, 0.05) is 12.4 Å². The normalized spacial score (nSPS) is 11.0. The van der Waals surface area contributed by atoms with Crippen molar-refractivity contribution in [1.82, 2.24) is 9.97 Å². The van der Waals surface area contributed by atoms with Crippen LogP contribution in [0.3, 0.4) is 0 Å². The quantitative estimate of drug-likeness (QED) is 0.488. The van der Waals surface area contributed by atoms with E-state index in [1.807, 2.05) is 29.6 Å². The number of fused-ring (bicyclic) bond motifs is 1.